The zero-order valence-electron chi connectivity index (χ0n) is 16.4. The molecule has 1 amide bonds. The number of aliphatic imine (C=N–C) groups is 1. The molecule has 1 saturated heterocycles. The Morgan fingerprint density at radius 2 is 2.07 bits per heavy atom. The molecule has 7 nitrogen and oxygen atoms in total. The fraction of sp³-hybridized carbons (Fsp3) is 0.400. The Bertz CT molecular complexity index is 783. The van der Waals surface area contributed by atoms with Crippen LogP contribution in [0.5, 0.6) is 0 Å². The first-order valence-electron chi connectivity index (χ1n) is 9.48. The van der Waals surface area contributed by atoms with Gasteiger partial charge in [0.2, 0.25) is 5.91 Å². The summed E-state index contributed by atoms with van der Waals surface area (Å²) in [4.78, 5) is 18.8. The van der Waals surface area contributed by atoms with E-state index in [9.17, 15) is 4.79 Å². The SMILES string of the molecule is CCNC(=NCC(=O)NCc1ccco1)NC1CCN(c2ccc(Br)cc2)C1.I. The fourth-order valence-corrected chi connectivity index (χ4v) is 3.35. The first-order valence-corrected chi connectivity index (χ1v) is 10.3. The molecule has 1 fully saturated rings. The number of furan rings is 1. The second kappa shape index (κ2) is 12.1. The summed E-state index contributed by atoms with van der Waals surface area (Å²) in [7, 11) is 0. The van der Waals surface area contributed by atoms with E-state index in [1.54, 1.807) is 12.3 Å². The number of guanidine groups is 1. The van der Waals surface area contributed by atoms with Crippen LogP contribution in [0.15, 0.2) is 56.5 Å². The van der Waals surface area contributed by atoms with Gasteiger partial charge in [0, 0.05) is 35.8 Å². The number of nitrogens with one attached hydrogen (secondary N) is 3. The lowest BCUT2D eigenvalue weighted by molar-refractivity contribution is -0.119. The Morgan fingerprint density at radius 1 is 1.28 bits per heavy atom. The zero-order valence-corrected chi connectivity index (χ0v) is 20.3. The van der Waals surface area contributed by atoms with E-state index < -0.39 is 0 Å². The molecule has 0 radical (unpaired) electrons. The summed E-state index contributed by atoms with van der Waals surface area (Å²) in [5.74, 6) is 1.25. The van der Waals surface area contributed by atoms with Crippen LogP contribution in [-0.2, 0) is 11.3 Å². The van der Waals surface area contributed by atoms with Crippen molar-refractivity contribution in [2.75, 3.05) is 31.1 Å². The van der Waals surface area contributed by atoms with E-state index in [2.05, 4.69) is 66.0 Å². The highest BCUT2D eigenvalue weighted by molar-refractivity contribution is 14.0. The van der Waals surface area contributed by atoms with Crippen molar-refractivity contribution in [3.8, 4) is 0 Å². The minimum Gasteiger partial charge on any atom is -0.467 e. The smallest absolute Gasteiger partial charge is 0.242 e. The van der Waals surface area contributed by atoms with E-state index in [0.29, 0.717) is 12.5 Å². The van der Waals surface area contributed by atoms with E-state index in [0.717, 1.165) is 36.3 Å². The largest absolute Gasteiger partial charge is 0.467 e. The number of rotatable bonds is 7. The van der Waals surface area contributed by atoms with E-state index in [4.69, 9.17) is 4.42 Å². The number of carbonyl (C=O) groups excluding carboxylic acids is 1. The van der Waals surface area contributed by atoms with Crippen LogP contribution < -0.4 is 20.9 Å². The maximum Gasteiger partial charge on any atom is 0.242 e. The molecule has 1 aliphatic heterocycles. The third-order valence-electron chi connectivity index (χ3n) is 4.49. The molecule has 3 N–H and O–H groups in total. The van der Waals surface area contributed by atoms with Crippen molar-refractivity contribution in [1.82, 2.24) is 16.0 Å². The van der Waals surface area contributed by atoms with E-state index >= 15 is 0 Å². The minimum atomic E-state index is -0.142. The van der Waals surface area contributed by atoms with Crippen LogP contribution in [0, 0.1) is 0 Å². The molecule has 3 rings (SSSR count). The Morgan fingerprint density at radius 3 is 2.76 bits per heavy atom. The standard InChI is InChI=1S/C20H26BrN5O2.HI/c1-2-22-20(24-13-19(27)23-12-18-4-3-11-28-18)25-16-9-10-26(14-16)17-7-5-15(21)6-8-17;/h3-8,11,16H,2,9-10,12-14H2,1H3,(H,23,27)(H2,22,24,25);1H. The number of hydrogen-bond acceptors (Lipinski definition) is 4. The van der Waals surface area contributed by atoms with Crippen molar-refractivity contribution in [3.63, 3.8) is 0 Å². The van der Waals surface area contributed by atoms with E-state index in [1.165, 1.54) is 5.69 Å². The second-order valence-electron chi connectivity index (χ2n) is 6.60. The summed E-state index contributed by atoms with van der Waals surface area (Å²) in [6.45, 7) is 5.08. The fourth-order valence-electron chi connectivity index (χ4n) is 3.08. The first-order chi connectivity index (χ1) is 13.6. The van der Waals surface area contributed by atoms with Gasteiger partial charge in [-0.25, -0.2) is 4.99 Å². The van der Waals surface area contributed by atoms with Crippen LogP contribution in [0.1, 0.15) is 19.1 Å². The molecule has 9 heteroatoms. The maximum absolute atomic E-state index is 12.0. The zero-order chi connectivity index (χ0) is 19.8. The van der Waals surface area contributed by atoms with Crippen molar-refractivity contribution < 1.29 is 9.21 Å². The van der Waals surface area contributed by atoms with Crippen LogP contribution >= 0.6 is 39.9 Å². The Kier molecular flexibility index (Phi) is 9.79. The molecule has 0 saturated carbocycles. The molecule has 158 valence electrons. The summed E-state index contributed by atoms with van der Waals surface area (Å²) in [6, 6.07) is 12.3. The van der Waals surface area contributed by atoms with Crippen molar-refractivity contribution in [2.24, 2.45) is 4.99 Å². The highest BCUT2D eigenvalue weighted by Gasteiger charge is 2.23. The van der Waals surface area contributed by atoms with Gasteiger partial charge in [-0.05, 0) is 49.7 Å². The van der Waals surface area contributed by atoms with Gasteiger partial charge in [0.05, 0.1) is 12.8 Å². The van der Waals surface area contributed by atoms with E-state index in [-0.39, 0.29) is 42.5 Å². The third kappa shape index (κ3) is 7.54. The maximum atomic E-state index is 12.0. The van der Waals surface area contributed by atoms with Gasteiger partial charge in [-0.3, -0.25) is 4.79 Å². The highest BCUT2D eigenvalue weighted by Crippen LogP contribution is 2.22. The Labute approximate surface area is 196 Å². The number of hydrogen-bond donors (Lipinski definition) is 3. The highest BCUT2D eigenvalue weighted by atomic mass is 127. The molecule has 1 atom stereocenters. The van der Waals surface area contributed by atoms with Gasteiger partial charge in [-0.2, -0.15) is 0 Å². The van der Waals surface area contributed by atoms with Crippen LogP contribution in [0.25, 0.3) is 0 Å². The molecule has 1 aromatic heterocycles. The lowest BCUT2D eigenvalue weighted by atomic mass is 10.3. The number of anilines is 1. The van der Waals surface area contributed by atoms with Crippen molar-refractivity contribution in [1.29, 1.82) is 0 Å². The molecular formula is C20H27BrIN5O2. The quantitative estimate of drug-likeness (QED) is 0.268. The lowest BCUT2D eigenvalue weighted by Crippen LogP contribution is -2.45. The molecular weight excluding hydrogens is 549 g/mol. The van der Waals surface area contributed by atoms with Gasteiger partial charge in [-0.1, -0.05) is 15.9 Å². The van der Waals surface area contributed by atoms with Crippen molar-refractivity contribution >= 4 is 57.5 Å². The average Bonchev–Trinajstić information content (AvgIpc) is 3.37. The van der Waals surface area contributed by atoms with Gasteiger partial charge >= 0.3 is 0 Å². The molecule has 1 unspecified atom stereocenters. The molecule has 2 aromatic rings. The molecule has 0 bridgehead atoms. The van der Waals surface area contributed by atoms with Crippen LogP contribution in [0.3, 0.4) is 0 Å². The summed E-state index contributed by atoms with van der Waals surface area (Å²) >= 11 is 3.47. The first kappa shape index (κ1) is 23.5. The van der Waals surface area contributed by atoms with Gasteiger partial charge in [-0.15, -0.1) is 24.0 Å². The summed E-state index contributed by atoms with van der Waals surface area (Å²) in [5.41, 5.74) is 1.21. The summed E-state index contributed by atoms with van der Waals surface area (Å²) in [5, 5.41) is 9.46. The molecule has 1 aliphatic rings. The average molecular weight is 576 g/mol. The van der Waals surface area contributed by atoms with E-state index in [1.807, 2.05) is 13.0 Å². The predicted octanol–water partition coefficient (Wildman–Crippen LogP) is 3.11. The molecule has 1 aromatic carbocycles. The number of carbonyl (C=O) groups is 1. The van der Waals surface area contributed by atoms with Crippen LogP contribution in [-0.4, -0.2) is 44.1 Å². The number of halogens is 2. The third-order valence-corrected chi connectivity index (χ3v) is 5.01. The predicted molar refractivity (Wildman–Crippen MR) is 130 cm³/mol. The topological polar surface area (TPSA) is 81.9 Å². The second-order valence-corrected chi connectivity index (χ2v) is 7.52. The van der Waals surface area contributed by atoms with Gasteiger partial charge in [0.25, 0.3) is 0 Å². The number of nitrogens with zero attached hydrogens (tertiary/aromatic N) is 2. The van der Waals surface area contributed by atoms with Crippen molar-refractivity contribution in [3.05, 3.63) is 52.9 Å². The van der Waals surface area contributed by atoms with Gasteiger partial charge in [0.1, 0.15) is 12.3 Å². The number of amides is 1. The van der Waals surface area contributed by atoms with Gasteiger partial charge < -0.3 is 25.3 Å². The normalized spacial score (nSPS) is 16.3. The van der Waals surface area contributed by atoms with Gasteiger partial charge in [0.15, 0.2) is 5.96 Å². The Hall–Kier alpha value is -1.75. The summed E-state index contributed by atoms with van der Waals surface area (Å²) < 4.78 is 6.29. The van der Waals surface area contributed by atoms with Crippen LogP contribution in [0.4, 0.5) is 5.69 Å². The molecule has 0 spiro atoms. The molecule has 2 heterocycles. The summed E-state index contributed by atoms with van der Waals surface area (Å²) in [6.07, 6.45) is 2.61. The van der Waals surface area contributed by atoms with Crippen LogP contribution in [0.2, 0.25) is 0 Å². The monoisotopic (exact) mass is 575 g/mol. The molecule has 29 heavy (non-hydrogen) atoms. The van der Waals surface area contributed by atoms with Crippen molar-refractivity contribution in [2.45, 2.75) is 25.9 Å². The Balaban J connectivity index is 0.00000300. The minimum absolute atomic E-state index is 0. The molecule has 0 aliphatic carbocycles. The number of benzene rings is 1. The lowest BCUT2D eigenvalue weighted by Gasteiger charge is -2.20.